The number of hydrogen-bond acceptors (Lipinski definition) is 2. The van der Waals surface area contributed by atoms with Crippen molar-refractivity contribution < 1.29 is 4.74 Å². The van der Waals surface area contributed by atoms with Gasteiger partial charge in [0.2, 0.25) is 0 Å². The van der Waals surface area contributed by atoms with Gasteiger partial charge in [-0.25, -0.2) is 0 Å². The lowest BCUT2D eigenvalue weighted by Crippen LogP contribution is -2.40. The van der Waals surface area contributed by atoms with Crippen LogP contribution in [0.5, 0.6) is 0 Å². The van der Waals surface area contributed by atoms with E-state index in [1.807, 2.05) is 6.92 Å². The van der Waals surface area contributed by atoms with Crippen molar-refractivity contribution >= 4 is 0 Å². The lowest BCUT2D eigenvalue weighted by Gasteiger charge is -2.35. The Morgan fingerprint density at radius 1 is 1.24 bits per heavy atom. The highest BCUT2D eigenvalue weighted by atomic mass is 16.5. The molecule has 2 N–H and O–H groups in total. The molecule has 0 fully saturated rings. The molecule has 2 heteroatoms. The molecule has 2 nitrogen and oxygen atoms in total. The van der Waals surface area contributed by atoms with Gasteiger partial charge in [-0.15, -0.1) is 0 Å². The molecule has 0 aromatic heterocycles. The molecule has 2 unspecified atom stereocenters. The molecule has 0 bridgehead atoms. The van der Waals surface area contributed by atoms with Crippen LogP contribution >= 0.6 is 0 Å². The number of hydrogen-bond donors (Lipinski definition) is 1. The lowest BCUT2D eigenvalue weighted by molar-refractivity contribution is -0.0472. The summed E-state index contributed by atoms with van der Waals surface area (Å²) >= 11 is 0. The van der Waals surface area contributed by atoms with Gasteiger partial charge in [-0.2, -0.15) is 0 Å². The van der Waals surface area contributed by atoms with E-state index in [0.29, 0.717) is 6.61 Å². The standard InChI is InChI=1S/C15H25NO/c1-6-15(5,17-7-2)14(16)13-9-8-11(3)12(4)10-13/h8-10,14H,6-7,16H2,1-5H3. The van der Waals surface area contributed by atoms with Crippen molar-refractivity contribution in [1.82, 2.24) is 0 Å². The average molecular weight is 235 g/mol. The Labute approximate surface area is 105 Å². The molecule has 0 radical (unpaired) electrons. The zero-order valence-corrected chi connectivity index (χ0v) is 11.7. The van der Waals surface area contributed by atoms with Crippen molar-refractivity contribution in [2.75, 3.05) is 6.61 Å². The quantitative estimate of drug-likeness (QED) is 0.847. The monoisotopic (exact) mass is 235 g/mol. The Morgan fingerprint density at radius 2 is 1.88 bits per heavy atom. The third-order valence-electron chi connectivity index (χ3n) is 3.72. The van der Waals surface area contributed by atoms with Crippen molar-refractivity contribution in [2.45, 2.75) is 52.7 Å². The topological polar surface area (TPSA) is 35.2 Å². The van der Waals surface area contributed by atoms with E-state index in [1.54, 1.807) is 0 Å². The van der Waals surface area contributed by atoms with Gasteiger partial charge in [0.1, 0.15) is 0 Å². The molecular weight excluding hydrogens is 210 g/mol. The van der Waals surface area contributed by atoms with E-state index < -0.39 is 0 Å². The van der Waals surface area contributed by atoms with E-state index >= 15 is 0 Å². The zero-order chi connectivity index (χ0) is 13.1. The zero-order valence-electron chi connectivity index (χ0n) is 11.7. The first-order valence-corrected chi connectivity index (χ1v) is 6.41. The SMILES string of the molecule is CCOC(C)(CC)C(N)c1ccc(C)c(C)c1. The fourth-order valence-corrected chi connectivity index (χ4v) is 2.05. The number of benzene rings is 1. The summed E-state index contributed by atoms with van der Waals surface area (Å²) in [6, 6.07) is 6.34. The summed E-state index contributed by atoms with van der Waals surface area (Å²) in [4.78, 5) is 0. The molecule has 0 saturated carbocycles. The highest BCUT2D eigenvalue weighted by molar-refractivity contribution is 5.32. The van der Waals surface area contributed by atoms with Crippen LogP contribution in [0, 0.1) is 13.8 Å². The summed E-state index contributed by atoms with van der Waals surface area (Å²) in [6.07, 6.45) is 0.912. The van der Waals surface area contributed by atoms with Gasteiger partial charge in [0.05, 0.1) is 11.6 Å². The Morgan fingerprint density at radius 3 is 2.35 bits per heavy atom. The number of rotatable bonds is 5. The molecule has 0 heterocycles. The van der Waals surface area contributed by atoms with Crippen LogP contribution in [-0.4, -0.2) is 12.2 Å². The maximum absolute atomic E-state index is 6.36. The smallest absolute Gasteiger partial charge is 0.0843 e. The van der Waals surface area contributed by atoms with E-state index in [2.05, 4.69) is 45.9 Å². The Balaban J connectivity index is 3.01. The molecule has 0 aliphatic heterocycles. The first kappa shape index (κ1) is 14.2. The molecule has 96 valence electrons. The van der Waals surface area contributed by atoms with Gasteiger partial charge in [-0.1, -0.05) is 25.1 Å². The molecule has 1 aromatic rings. The second-order valence-corrected chi connectivity index (χ2v) is 4.92. The van der Waals surface area contributed by atoms with Crippen molar-refractivity contribution in [3.63, 3.8) is 0 Å². The second kappa shape index (κ2) is 5.65. The maximum Gasteiger partial charge on any atom is 0.0843 e. The van der Waals surface area contributed by atoms with Crippen molar-refractivity contribution in [2.24, 2.45) is 5.73 Å². The molecule has 0 spiro atoms. The van der Waals surface area contributed by atoms with Crippen LogP contribution in [0.15, 0.2) is 18.2 Å². The summed E-state index contributed by atoms with van der Waals surface area (Å²) in [5.74, 6) is 0. The predicted molar refractivity (Wildman–Crippen MR) is 73.2 cm³/mol. The summed E-state index contributed by atoms with van der Waals surface area (Å²) in [7, 11) is 0. The van der Waals surface area contributed by atoms with E-state index in [9.17, 15) is 0 Å². The van der Waals surface area contributed by atoms with Gasteiger partial charge in [0.15, 0.2) is 0 Å². The summed E-state index contributed by atoms with van der Waals surface area (Å²) in [5.41, 5.74) is 9.83. The molecule has 17 heavy (non-hydrogen) atoms. The average Bonchev–Trinajstić information content (AvgIpc) is 2.32. The largest absolute Gasteiger partial charge is 0.374 e. The van der Waals surface area contributed by atoms with Gasteiger partial charge in [-0.05, 0) is 50.8 Å². The van der Waals surface area contributed by atoms with Crippen LogP contribution in [0.3, 0.4) is 0 Å². The second-order valence-electron chi connectivity index (χ2n) is 4.92. The van der Waals surface area contributed by atoms with Crippen LogP contribution in [-0.2, 0) is 4.74 Å². The fraction of sp³-hybridized carbons (Fsp3) is 0.600. The fourth-order valence-electron chi connectivity index (χ4n) is 2.05. The Hall–Kier alpha value is -0.860. The summed E-state index contributed by atoms with van der Waals surface area (Å²) < 4.78 is 5.84. The lowest BCUT2D eigenvalue weighted by atomic mass is 9.87. The highest BCUT2D eigenvalue weighted by Gasteiger charge is 2.31. The van der Waals surface area contributed by atoms with Gasteiger partial charge < -0.3 is 10.5 Å². The van der Waals surface area contributed by atoms with Gasteiger partial charge in [0.25, 0.3) is 0 Å². The number of aryl methyl sites for hydroxylation is 2. The van der Waals surface area contributed by atoms with Crippen molar-refractivity contribution in [1.29, 1.82) is 0 Å². The van der Waals surface area contributed by atoms with Gasteiger partial charge >= 0.3 is 0 Å². The summed E-state index contributed by atoms with van der Waals surface area (Å²) in [5, 5.41) is 0. The van der Waals surface area contributed by atoms with Crippen LogP contribution in [0.4, 0.5) is 0 Å². The Bertz CT molecular complexity index is 375. The Kier molecular flexibility index (Phi) is 4.72. The molecule has 1 rings (SSSR count). The first-order chi connectivity index (χ1) is 7.94. The third-order valence-corrected chi connectivity index (χ3v) is 3.72. The molecule has 2 atom stereocenters. The maximum atomic E-state index is 6.36. The molecule has 0 amide bonds. The van der Waals surface area contributed by atoms with E-state index in [4.69, 9.17) is 10.5 Å². The van der Waals surface area contributed by atoms with E-state index in [0.717, 1.165) is 12.0 Å². The predicted octanol–water partition coefficient (Wildman–Crippen LogP) is 3.51. The number of ether oxygens (including phenoxy) is 1. The molecule has 0 saturated heterocycles. The molecule has 0 aliphatic carbocycles. The van der Waals surface area contributed by atoms with E-state index in [1.165, 1.54) is 11.1 Å². The minimum absolute atomic E-state index is 0.0771. The van der Waals surface area contributed by atoms with Crippen LogP contribution in [0.25, 0.3) is 0 Å². The minimum atomic E-state index is -0.281. The summed E-state index contributed by atoms with van der Waals surface area (Å²) in [6.45, 7) is 11.2. The molecular formula is C15H25NO. The van der Waals surface area contributed by atoms with Gasteiger partial charge in [0, 0.05) is 6.61 Å². The van der Waals surface area contributed by atoms with E-state index in [-0.39, 0.29) is 11.6 Å². The number of nitrogens with two attached hydrogens (primary N) is 1. The van der Waals surface area contributed by atoms with Crippen LogP contribution < -0.4 is 5.73 Å². The van der Waals surface area contributed by atoms with Gasteiger partial charge in [-0.3, -0.25) is 0 Å². The van der Waals surface area contributed by atoms with Crippen LogP contribution in [0.2, 0.25) is 0 Å². The first-order valence-electron chi connectivity index (χ1n) is 6.41. The molecule has 1 aromatic carbocycles. The van der Waals surface area contributed by atoms with Crippen molar-refractivity contribution in [3.8, 4) is 0 Å². The minimum Gasteiger partial charge on any atom is -0.374 e. The normalized spacial score (nSPS) is 16.6. The molecule has 0 aliphatic rings. The highest BCUT2D eigenvalue weighted by Crippen LogP contribution is 2.30. The van der Waals surface area contributed by atoms with Crippen molar-refractivity contribution in [3.05, 3.63) is 34.9 Å². The van der Waals surface area contributed by atoms with Crippen LogP contribution in [0.1, 0.15) is 49.9 Å². The third kappa shape index (κ3) is 3.08.